The summed E-state index contributed by atoms with van der Waals surface area (Å²) in [6.07, 6.45) is 4.49. The average Bonchev–Trinajstić information content (AvgIpc) is 3.02. The van der Waals surface area contributed by atoms with Crippen molar-refractivity contribution in [3.63, 3.8) is 0 Å². The lowest BCUT2D eigenvalue weighted by atomic mass is 10.1. The van der Waals surface area contributed by atoms with Crippen molar-refractivity contribution in [1.82, 2.24) is 9.78 Å². The van der Waals surface area contributed by atoms with Crippen molar-refractivity contribution in [1.29, 1.82) is 5.26 Å². The molecule has 21 heavy (non-hydrogen) atoms. The van der Waals surface area contributed by atoms with Gasteiger partial charge in [-0.25, -0.2) is 4.68 Å². The van der Waals surface area contributed by atoms with Crippen LogP contribution in [0.15, 0.2) is 34.9 Å². The number of nitrogens with zero attached hydrogens (tertiary/aromatic N) is 3. The Balaban J connectivity index is 1.82. The molecule has 1 fully saturated rings. The van der Waals surface area contributed by atoms with E-state index in [1.165, 1.54) is 12.8 Å². The van der Waals surface area contributed by atoms with Crippen LogP contribution in [-0.4, -0.2) is 9.78 Å². The van der Waals surface area contributed by atoms with Gasteiger partial charge in [-0.05, 0) is 48.9 Å². The monoisotopic (exact) mass is 343 g/mol. The molecule has 0 N–H and O–H groups in total. The summed E-state index contributed by atoms with van der Waals surface area (Å²) < 4.78 is 2.74. The van der Waals surface area contributed by atoms with Crippen molar-refractivity contribution in [3.05, 3.63) is 46.2 Å². The predicted molar refractivity (Wildman–Crippen MR) is 86.3 cm³/mol. The molecule has 3 rings (SSSR count). The number of hydrogen-bond donors (Lipinski definition) is 0. The molecular formula is C17H18BrN3. The zero-order valence-electron chi connectivity index (χ0n) is 12.3. The highest BCUT2D eigenvalue weighted by Gasteiger charge is 2.39. The first kappa shape index (κ1) is 14.3. The molecule has 2 atom stereocenters. The number of rotatable bonds is 4. The van der Waals surface area contributed by atoms with Gasteiger partial charge in [-0.2, -0.15) is 10.4 Å². The molecule has 1 saturated carbocycles. The summed E-state index contributed by atoms with van der Waals surface area (Å²) in [7, 11) is 0. The maximum absolute atomic E-state index is 9.26. The maximum Gasteiger partial charge on any atom is 0.101 e. The molecule has 1 aliphatic rings. The number of halogens is 1. The second-order valence-corrected chi connectivity index (χ2v) is 7.11. The maximum atomic E-state index is 9.26. The van der Waals surface area contributed by atoms with Crippen LogP contribution in [0.2, 0.25) is 0 Å². The third kappa shape index (κ3) is 3.03. The van der Waals surface area contributed by atoms with Gasteiger partial charge in [-0.15, -0.1) is 0 Å². The molecule has 0 bridgehead atoms. The highest BCUT2D eigenvalue weighted by atomic mass is 79.9. The lowest BCUT2D eigenvalue weighted by Gasteiger charge is -2.04. The van der Waals surface area contributed by atoms with Crippen LogP contribution in [0.3, 0.4) is 0 Å². The summed E-state index contributed by atoms with van der Waals surface area (Å²) in [5.41, 5.74) is 2.63. The molecule has 4 heteroatoms. The Morgan fingerprint density at radius 1 is 1.43 bits per heavy atom. The van der Waals surface area contributed by atoms with Crippen LogP contribution in [0.4, 0.5) is 0 Å². The van der Waals surface area contributed by atoms with Crippen molar-refractivity contribution in [3.8, 4) is 11.8 Å². The fourth-order valence-corrected chi connectivity index (χ4v) is 3.30. The van der Waals surface area contributed by atoms with E-state index in [4.69, 9.17) is 0 Å². The first-order valence-corrected chi connectivity index (χ1v) is 8.13. The molecule has 3 nitrogen and oxygen atoms in total. The SMILES string of the molecule is CC(C)CC1CC1c1ccn(-c2ccc(Br)cc2C#N)n1. The van der Waals surface area contributed by atoms with E-state index in [0.29, 0.717) is 11.5 Å². The fourth-order valence-electron chi connectivity index (χ4n) is 2.94. The van der Waals surface area contributed by atoms with Crippen LogP contribution in [0.1, 0.15) is 43.9 Å². The molecule has 0 spiro atoms. The molecule has 1 aliphatic carbocycles. The van der Waals surface area contributed by atoms with E-state index in [1.54, 1.807) is 0 Å². The topological polar surface area (TPSA) is 41.6 Å². The van der Waals surface area contributed by atoms with Gasteiger partial charge in [0.15, 0.2) is 0 Å². The first-order valence-electron chi connectivity index (χ1n) is 7.34. The van der Waals surface area contributed by atoms with Gasteiger partial charge in [0.2, 0.25) is 0 Å². The number of nitriles is 1. The van der Waals surface area contributed by atoms with E-state index >= 15 is 0 Å². The summed E-state index contributed by atoms with van der Waals surface area (Å²) >= 11 is 3.40. The molecule has 0 saturated heterocycles. The molecule has 1 aromatic heterocycles. The van der Waals surface area contributed by atoms with E-state index in [9.17, 15) is 5.26 Å². The average molecular weight is 344 g/mol. The normalized spacial score (nSPS) is 20.5. The zero-order chi connectivity index (χ0) is 15.0. The molecule has 1 heterocycles. The van der Waals surface area contributed by atoms with Crippen LogP contribution in [0, 0.1) is 23.2 Å². The van der Waals surface area contributed by atoms with E-state index in [-0.39, 0.29) is 0 Å². The Labute approximate surface area is 133 Å². The highest BCUT2D eigenvalue weighted by Crippen LogP contribution is 2.50. The van der Waals surface area contributed by atoms with E-state index in [1.807, 2.05) is 29.1 Å². The van der Waals surface area contributed by atoms with E-state index in [0.717, 1.165) is 27.7 Å². The fraction of sp³-hybridized carbons (Fsp3) is 0.412. The van der Waals surface area contributed by atoms with Crippen molar-refractivity contribution in [2.75, 3.05) is 0 Å². The first-order chi connectivity index (χ1) is 10.1. The number of benzene rings is 1. The summed E-state index contributed by atoms with van der Waals surface area (Å²) in [5, 5.41) is 14.0. The molecule has 2 aromatic rings. The molecule has 0 radical (unpaired) electrons. The second kappa shape index (κ2) is 5.65. The van der Waals surface area contributed by atoms with Gasteiger partial charge in [0.05, 0.1) is 16.9 Å². The van der Waals surface area contributed by atoms with E-state index < -0.39 is 0 Å². The summed E-state index contributed by atoms with van der Waals surface area (Å²) in [4.78, 5) is 0. The Bertz CT molecular complexity index is 696. The summed E-state index contributed by atoms with van der Waals surface area (Å²) in [5.74, 6) is 2.14. The standard InChI is InChI=1S/C17H18BrN3/c1-11(2)7-12-9-15(12)16-5-6-21(20-16)17-4-3-14(18)8-13(17)10-19/h3-6,8,11-12,15H,7,9H2,1-2H3. The van der Waals surface area contributed by atoms with Gasteiger partial charge in [0.25, 0.3) is 0 Å². The Morgan fingerprint density at radius 2 is 2.24 bits per heavy atom. The van der Waals surface area contributed by atoms with E-state index in [2.05, 4.69) is 47.0 Å². The van der Waals surface area contributed by atoms with Crippen LogP contribution in [0.25, 0.3) is 5.69 Å². The number of aromatic nitrogens is 2. The Morgan fingerprint density at radius 3 is 2.95 bits per heavy atom. The predicted octanol–water partition coefficient (Wildman–Crippen LogP) is 4.66. The molecule has 2 unspecified atom stereocenters. The van der Waals surface area contributed by atoms with Crippen molar-refractivity contribution in [2.24, 2.45) is 11.8 Å². The smallest absolute Gasteiger partial charge is 0.101 e. The molecule has 0 aliphatic heterocycles. The highest BCUT2D eigenvalue weighted by molar-refractivity contribution is 9.10. The second-order valence-electron chi connectivity index (χ2n) is 6.19. The minimum absolute atomic E-state index is 0.606. The van der Waals surface area contributed by atoms with Gasteiger partial charge in [-0.3, -0.25) is 0 Å². The molecule has 0 amide bonds. The number of hydrogen-bond acceptors (Lipinski definition) is 2. The minimum atomic E-state index is 0.606. The van der Waals surface area contributed by atoms with Crippen LogP contribution in [0.5, 0.6) is 0 Å². The summed E-state index contributed by atoms with van der Waals surface area (Å²) in [6.45, 7) is 4.55. The summed E-state index contributed by atoms with van der Waals surface area (Å²) in [6, 6.07) is 10.0. The Kier molecular flexibility index (Phi) is 3.86. The molecule has 1 aromatic carbocycles. The largest absolute Gasteiger partial charge is 0.239 e. The third-order valence-corrected chi connectivity index (χ3v) is 4.51. The van der Waals surface area contributed by atoms with Gasteiger partial charge in [0.1, 0.15) is 6.07 Å². The molecular weight excluding hydrogens is 326 g/mol. The van der Waals surface area contributed by atoms with Crippen LogP contribution < -0.4 is 0 Å². The minimum Gasteiger partial charge on any atom is -0.239 e. The zero-order valence-corrected chi connectivity index (χ0v) is 13.8. The quantitative estimate of drug-likeness (QED) is 0.810. The van der Waals surface area contributed by atoms with Crippen molar-refractivity contribution >= 4 is 15.9 Å². The van der Waals surface area contributed by atoms with Gasteiger partial charge < -0.3 is 0 Å². The van der Waals surface area contributed by atoms with Gasteiger partial charge in [-0.1, -0.05) is 29.8 Å². The lowest BCUT2D eigenvalue weighted by Crippen LogP contribution is -1.99. The van der Waals surface area contributed by atoms with Crippen LogP contribution in [-0.2, 0) is 0 Å². The lowest BCUT2D eigenvalue weighted by molar-refractivity contribution is 0.530. The van der Waals surface area contributed by atoms with Gasteiger partial charge >= 0.3 is 0 Å². The van der Waals surface area contributed by atoms with Crippen molar-refractivity contribution in [2.45, 2.75) is 32.6 Å². The Hall–Kier alpha value is -1.60. The molecule has 108 valence electrons. The van der Waals surface area contributed by atoms with Crippen LogP contribution >= 0.6 is 15.9 Å². The van der Waals surface area contributed by atoms with Crippen molar-refractivity contribution < 1.29 is 0 Å². The van der Waals surface area contributed by atoms with Gasteiger partial charge in [0, 0.05) is 16.6 Å². The third-order valence-electron chi connectivity index (χ3n) is 4.01.